The summed E-state index contributed by atoms with van der Waals surface area (Å²) >= 11 is 1.29. The lowest BCUT2D eigenvalue weighted by molar-refractivity contribution is -0.0498. The third-order valence-electron chi connectivity index (χ3n) is 3.50. The van der Waals surface area contributed by atoms with E-state index < -0.39 is 18.7 Å². The minimum absolute atomic E-state index is 0.0468. The average molecular weight is 364 g/mol. The van der Waals surface area contributed by atoms with Crippen molar-refractivity contribution < 1.29 is 23.0 Å². The largest absolute Gasteiger partial charge is 0.454 e. The summed E-state index contributed by atoms with van der Waals surface area (Å²) in [5.41, 5.74) is 7.43. The molecule has 0 unspecified atom stereocenters. The summed E-state index contributed by atoms with van der Waals surface area (Å²) < 4.78 is 34.8. The van der Waals surface area contributed by atoms with Crippen LogP contribution in [0.5, 0.6) is 5.75 Å². The number of carbonyl (C=O) groups is 1. The molecule has 1 aromatic heterocycles. The molecule has 1 heterocycles. The van der Waals surface area contributed by atoms with Crippen molar-refractivity contribution in [3.63, 3.8) is 0 Å². The van der Waals surface area contributed by atoms with E-state index in [4.69, 9.17) is 10.5 Å². The monoisotopic (exact) mass is 364 g/mol. The number of hydrogen-bond donors (Lipinski definition) is 1. The molecule has 130 valence electrons. The van der Waals surface area contributed by atoms with Crippen LogP contribution in [0.2, 0.25) is 0 Å². The molecule has 25 heavy (non-hydrogen) atoms. The summed E-state index contributed by atoms with van der Waals surface area (Å²) in [4.78, 5) is 16.4. The van der Waals surface area contributed by atoms with E-state index in [1.807, 2.05) is 0 Å². The molecular weight excluding hydrogens is 350 g/mol. The van der Waals surface area contributed by atoms with Crippen molar-refractivity contribution in [1.29, 1.82) is 0 Å². The third-order valence-corrected chi connectivity index (χ3v) is 4.35. The number of benzene rings is 2. The Labute approximate surface area is 146 Å². The van der Waals surface area contributed by atoms with Crippen LogP contribution in [0, 0.1) is 0 Å². The van der Waals surface area contributed by atoms with E-state index in [9.17, 15) is 13.6 Å². The molecule has 0 aliphatic heterocycles. The summed E-state index contributed by atoms with van der Waals surface area (Å²) in [6.45, 7) is -1.18. The number of anilines is 1. The Hall–Kier alpha value is -2.74. The lowest BCUT2D eigenvalue weighted by atomic mass is 10.1. The van der Waals surface area contributed by atoms with Crippen molar-refractivity contribution in [2.75, 3.05) is 5.73 Å². The van der Waals surface area contributed by atoms with Crippen molar-refractivity contribution in [2.45, 2.75) is 19.6 Å². The summed E-state index contributed by atoms with van der Waals surface area (Å²) in [7, 11) is 0. The fourth-order valence-corrected chi connectivity index (χ4v) is 3.06. The molecule has 0 amide bonds. The van der Waals surface area contributed by atoms with Gasteiger partial charge in [0.1, 0.15) is 11.9 Å². The lowest BCUT2D eigenvalue weighted by Crippen LogP contribution is -2.09. The highest BCUT2D eigenvalue weighted by atomic mass is 32.1. The molecule has 0 bridgehead atoms. The molecule has 3 rings (SSSR count). The van der Waals surface area contributed by atoms with Crippen LogP contribution in [0.4, 0.5) is 13.9 Å². The molecule has 0 aliphatic rings. The van der Waals surface area contributed by atoms with Gasteiger partial charge in [-0.3, -0.25) is 0 Å². The number of nitrogens with two attached hydrogens (primary N) is 1. The Morgan fingerprint density at radius 1 is 1.20 bits per heavy atom. The summed E-state index contributed by atoms with van der Waals surface area (Å²) in [6.07, 6.45) is -0.546. The highest BCUT2D eigenvalue weighted by Gasteiger charge is 2.15. The van der Waals surface area contributed by atoms with Crippen molar-refractivity contribution in [2.24, 2.45) is 0 Å². The van der Waals surface area contributed by atoms with Crippen LogP contribution in [0.3, 0.4) is 0 Å². The van der Waals surface area contributed by atoms with Gasteiger partial charge in [-0.1, -0.05) is 23.5 Å². The van der Waals surface area contributed by atoms with E-state index in [-0.39, 0.29) is 5.75 Å². The third kappa shape index (κ3) is 4.03. The first-order chi connectivity index (χ1) is 11.9. The topological polar surface area (TPSA) is 74.4 Å². The van der Waals surface area contributed by atoms with Gasteiger partial charge in [0.15, 0.2) is 5.13 Å². The van der Waals surface area contributed by atoms with E-state index >= 15 is 0 Å². The predicted molar refractivity (Wildman–Crippen MR) is 90.9 cm³/mol. The van der Waals surface area contributed by atoms with E-state index in [1.54, 1.807) is 37.3 Å². The Morgan fingerprint density at radius 2 is 1.92 bits per heavy atom. The van der Waals surface area contributed by atoms with E-state index in [1.165, 1.54) is 23.5 Å². The second kappa shape index (κ2) is 7.02. The van der Waals surface area contributed by atoms with Gasteiger partial charge in [0.2, 0.25) is 0 Å². The molecule has 0 fully saturated rings. The van der Waals surface area contributed by atoms with Crippen LogP contribution >= 0.6 is 11.3 Å². The zero-order valence-electron chi connectivity index (χ0n) is 13.1. The lowest BCUT2D eigenvalue weighted by Gasteiger charge is -2.14. The first-order valence-corrected chi connectivity index (χ1v) is 8.16. The number of hydrogen-bond acceptors (Lipinski definition) is 6. The van der Waals surface area contributed by atoms with Gasteiger partial charge < -0.3 is 15.2 Å². The van der Waals surface area contributed by atoms with E-state index in [0.29, 0.717) is 16.3 Å². The maximum absolute atomic E-state index is 12.3. The molecule has 0 saturated heterocycles. The number of rotatable bonds is 5. The van der Waals surface area contributed by atoms with Crippen LogP contribution in [-0.4, -0.2) is 17.6 Å². The van der Waals surface area contributed by atoms with Crippen LogP contribution < -0.4 is 10.5 Å². The summed E-state index contributed by atoms with van der Waals surface area (Å²) in [6, 6.07) is 11.0. The number of ether oxygens (including phenoxy) is 2. The Kier molecular flexibility index (Phi) is 4.80. The molecule has 2 N–H and O–H groups in total. The van der Waals surface area contributed by atoms with Crippen LogP contribution in [-0.2, 0) is 4.74 Å². The quantitative estimate of drug-likeness (QED) is 0.679. The van der Waals surface area contributed by atoms with Crippen molar-refractivity contribution in [3.8, 4) is 5.75 Å². The van der Waals surface area contributed by atoms with Gasteiger partial charge in [0, 0.05) is 0 Å². The number of esters is 1. The minimum Gasteiger partial charge on any atom is -0.454 e. The van der Waals surface area contributed by atoms with E-state index in [0.717, 1.165) is 10.2 Å². The van der Waals surface area contributed by atoms with Gasteiger partial charge in [0.25, 0.3) is 0 Å². The van der Waals surface area contributed by atoms with E-state index in [2.05, 4.69) is 9.72 Å². The van der Waals surface area contributed by atoms with Crippen molar-refractivity contribution in [3.05, 3.63) is 53.6 Å². The predicted octanol–water partition coefficient (Wildman–Crippen LogP) is 4.40. The molecule has 0 spiro atoms. The number of nitrogens with zero attached hydrogens (tertiary/aromatic N) is 1. The van der Waals surface area contributed by atoms with Gasteiger partial charge in [-0.15, -0.1) is 0 Å². The molecule has 8 heteroatoms. The minimum atomic E-state index is -2.88. The molecule has 0 saturated carbocycles. The van der Waals surface area contributed by atoms with Crippen molar-refractivity contribution >= 4 is 32.7 Å². The smallest absolute Gasteiger partial charge is 0.387 e. The summed E-state index contributed by atoms with van der Waals surface area (Å²) in [5.74, 6) is -0.445. The van der Waals surface area contributed by atoms with Gasteiger partial charge in [-0.2, -0.15) is 8.78 Å². The maximum Gasteiger partial charge on any atom is 0.387 e. The fraction of sp³-hybridized carbons (Fsp3) is 0.176. The highest BCUT2D eigenvalue weighted by Crippen LogP contribution is 2.26. The average Bonchev–Trinajstić information content (AvgIpc) is 2.93. The Bertz CT molecular complexity index is 897. The van der Waals surface area contributed by atoms with Gasteiger partial charge in [-0.05, 0) is 42.8 Å². The number of fused-ring (bicyclic) bond motifs is 1. The Morgan fingerprint density at radius 3 is 2.60 bits per heavy atom. The molecule has 2 aromatic carbocycles. The molecule has 0 aliphatic carbocycles. The fourth-order valence-electron chi connectivity index (χ4n) is 2.29. The SMILES string of the molecule is C[C@@H](OC(=O)c1ccc2nc(N)sc2c1)c1ccc(OC(F)F)cc1. The number of carbonyl (C=O) groups excluding carboxylic acids is 1. The van der Waals surface area contributed by atoms with Gasteiger partial charge in [-0.25, -0.2) is 9.78 Å². The number of alkyl halides is 2. The summed E-state index contributed by atoms with van der Waals surface area (Å²) in [5, 5.41) is 0.431. The van der Waals surface area contributed by atoms with Crippen LogP contribution in [0.25, 0.3) is 10.2 Å². The highest BCUT2D eigenvalue weighted by molar-refractivity contribution is 7.22. The second-order valence-corrected chi connectivity index (χ2v) is 6.29. The van der Waals surface area contributed by atoms with Gasteiger partial charge >= 0.3 is 12.6 Å². The molecule has 3 aromatic rings. The zero-order valence-corrected chi connectivity index (χ0v) is 13.9. The molecular formula is C17H14F2N2O3S. The number of halogens is 2. The normalized spacial score (nSPS) is 12.3. The first-order valence-electron chi connectivity index (χ1n) is 7.34. The van der Waals surface area contributed by atoms with Gasteiger partial charge in [0.05, 0.1) is 15.8 Å². The van der Waals surface area contributed by atoms with Crippen LogP contribution in [0.1, 0.15) is 28.9 Å². The maximum atomic E-state index is 12.3. The first kappa shape index (κ1) is 17.1. The standard InChI is InChI=1S/C17H14F2N2O3S/c1-9(10-2-5-12(6-3-10)24-16(18)19)23-15(22)11-4-7-13-14(8-11)25-17(20)21-13/h2-9,16H,1H3,(H2,20,21)/t9-/m1/s1. The number of aromatic nitrogens is 1. The second-order valence-electron chi connectivity index (χ2n) is 5.23. The number of nitrogen functional groups attached to an aromatic ring is 1. The molecule has 1 atom stereocenters. The number of thiazole rings is 1. The zero-order chi connectivity index (χ0) is 18.0. The van der Waals surface area contributed by atoms with Crippen LogP contribution in [0.15, 0.2) is 42.5 Å². The molecule has 0 radical (unpaired) electrons. The molecule has 5 nitrogen and oxygen atoms in total. The Balaban J connectivity index is 1.70. The van der Waals surface area contributed by atoms with Crippen molar-refractivity contribution in [1.82, 2.24) is 4.98 Å².